The Kier molecular flexibility index (Phi) is 10.8. The van der Waals surface area contributed by atoms with Crippen LogP contribution >= 0.6 is 11.8 Å². The largest absolute Gasteiger partial charge is 0.497 e. The van der Waals surface area contributed by atoms with Crippen molar-refractivity contribution in [2.45, 2.75) is 68.1 Å². The first-order valence-corrected chi connectivity index (χ1v) is 8.88. The van der Waals surface area contributed by atoms with Crippen LogP contribution in [0.15, 0.2) is 0 Å². The summed E-state index contributed by atoms with van der Waals surface area (Å²) in [6.07, 6.45) is 5.23. The fourth-order valence-electron chi connectivity index (χ4n) is 1.72. The molecule has 0 fully saturated rings. The van der Waals surface area contributed by atoms with E-state index >= 15 is 0 Å². The molecule has 0 rings (SSSR count). The van der Waals surface area contributed by atoms with Gasteiger partial charge in [0.1, 0.15) is 0 Å². The van der Waals surface area contributed by atoms with Crippen LogP contribution in [0.25, 0.3) is 0 Å². The summed E-state index contributed by atoms with van der Waals surface area (Å²) in [5.41, 5.74) is -9.64. The van der Waals surface area contributed by atoms with Gasteiger partial charge in [0.2, 0.25) is 0 Å². The highest BCUT2D eigenvalue weighted by atomic mass is 32.2. The Morgan fingerprint density at radius 2 is 1.55 bits per heavy atom. The van der Waals surface area contributed by atoms with Crippen molar-refractivity contribution in [1.82, 2.24) is 0 Å². The number of thioether (sulfide) groups is 1. The Balaban J connectivity index is 4.19. The van der Waals surface area contributed by atoms with Gasteiger partial charge in [-0.1, -0.05) is 45.4 Å². The van der Waals surface area contributed by atoms with Gasteiger partial charge in [0.05, 0.1) is 6.61 Å². The average Bonchev–Trinajstić information content (AvgIpc) is 2.36. The summed E-state index contributed by atoms with van der Waals surface area (Å²) in [5.74, 6) is 0. The Morgan fingerprint density at radius 1 is 1.00 bits per heavy atom. The van der Waals surface area contributed by atoms with E-state index in [9.17, 15) is 30.6 Å². The third-order valence-electron chi connectivity index (χ3n) is 2.73. The number of hydrogen-bond donors (Lipinski definition) is 0. The highest BCUT2D eigenvalue weighted by Crippen LogP contribution is 2.36. The summed E-state index contributed by atoms with van der Waals surface area (Å²) < 4.78 is 87.8. The highest BCUT2D eigenvalue weighted by molar-refractivity contribution is 8.00. The van der Waals surface area contributed by atoms with Gasteiger partial charge in [0.25, 0.3) is 11.1 Å². The minimum atomic E-state index is -5.08. The van der Waals surface area contributed by atoms with E-state index in [4.69, 9.17) is 0 Å². The molecule has 0 N–H and O–H groups in total. The molecule has 0 aromatic rings. The molecular weight excluding hydrogens is 354 g/mol. The zero-order chi connectivity index (χ0) is 17.2. The number of unbranched alkanes of at least 4 members (excludes halogenated alkanes) is 5. The second-order valence-electron chi connectivity index (χ2n) is 4.71. The molecule has 0 aliphatic heterocycles. The molecule has 1 unspecified atom stereocenters. The van der Waals surface area contributed by atoms with Gasteiger partial charge in [0.15, 0.2) is 0 Å². The Bertz CT molecular complexity index is 320. The Morgan fingerprint density at radius 3 is 2.05 bits per heavy atom. The number of hydrogen-bond acceptors (Lipinski definition) is 3. The molecule has 0 saturated heterocycles. The van der Waals surface area contributed by atoms with Gasteiger partial charge in [-0.05, 0) is 18.2 Å². The predicted octanol–water partition coefficient (Wildman–Crippen LogP) is 5.56. The average molecular weight is 374 g/mol. The standard InChI is InChI=1S/C12H20F6O2S2/c1-2-3-4-5-6-7-8-10(21-11(13,14)15)9-20-22(19)12(16,17)18/h10H,2-9H2,1H3/t10-,22?/m1/s1. The molecule has 0 amide bonds. The van der Waals surface area contributed by atoms with Gasteiger partial charge in [-0.3, -0.25) is 4.18 Å². The van der Waals surface area contributed by atoms with Crippen molar-refractivity contribution in [3.05, 3.63) is 0 Å². The van der Waals surface area contributed by atoms with Crippen molar-refractivity contribution in [3.63, 3.8) is 0 Å². The van der Waals surface area contributed by atoms with Gasteiger partial charge in [-0.25, -0.2) is 4.21 Å². The molecule has 22 heavy (non-hydrogen) atoms. The van der Waals surface area contributed by atoms with E-state index in [-0.39, 0.29) is 6.42 Å². The van der Waals surface area contributed by atoms with E-state index in [2.05, 4.69) is 4.18 Å². The van der Waals surface area contributed by atoms with Crippen LogP contribution in [0.5, 0.6) is 0 Å². The molecule has 134 valence electrons. The lowest BCUT2D eigenvalue weighted by molar-refractivity contribution is -0.0473. The zero-order valence-corrected chi connectivity index (χ0v) is 13.8. The predicted molar refractivity (Wildman–Crippen MR) is 75.6 cm³/mol. The number of alkyl halides is 6. The maximum absolute atomic E-state index is 12.3. The quantitative estimate of drug-likeness (QED) is 0.350. The molecule has 0 heterocycles. The van der Waals surface area contributed by atoms with Crippen molar-refractivity contribution >= 4 is 22.8 Å². The van der Waals surface area contributed by atoms with Crippen molar-refractivity contribution in [3.8, 4) is 0 Å². The van der Waals surface area contributed by atoms with Crippen LogP contribution in [-0.4, -0.2) is 27.1 Å². The van der Waals surface area contributed by atoms with Crippen molar-refractivity contribution in [1.29, 1.82) is 0 Å². The van der Waals surface area contributed by atoms with Crippen LogP contribution in [-0.2, 0) is 15.3 Å². The molecule has 0 spiro atoms. The number of halogens is 6. The maximum Gasteiger partial charge on any atom is 0.497 e. The normalized spacial score (nSPS) is 15.8. The summed E-state index contributed by atoms with van der Waals surface area (Å²) in [6, 6.07) is 0. The van der Waals surface area contributed by atoms with E-state index in [1.54, 1.807) is 0 Å². The SMILES string of the molecule is CCCCCCCC[C@H](COS(=O)C(F)(F)F)SC(F)(F)F. The molecule has 2 nitrogen and oxygen atoms in total. The van der Waals surface area contributed by atoms with Crippen LogP contribution in [0.3, 0.4) is 0 Å². The van der Waals surface area contributed by atoms with Crippen LogP contribution in [0, 0.1) is 0 Å². The van der Waals surface area contributed by atoms with Crippen molar-refractivity contribution < 1.29 is 34.7 Å². The van der Waals surface area contributed by atoms with Crippen LogP contribution < -0.4 is 0 Å². The smallest absolute Gasteiger partial charge is 0.283 e. The molecule has 10 heteroatoms. The monoisotopic (exact) mass is 374 g/mol. The van der Waals surface area contributed by atoms with E-state index in [1.165, 1.54) is 0 Å². The Labute approximate surface area is 133 Å². The minimum absolute atomic E-state index is 0.0748. The molecule has 0 aliphatic rings. The molecule has 0 radical (unpaired) electrons. The van der Waals surface area contributed by atoms with Crippen LogP contribution in [0.2, 0.25) is 0 Å². The highest BCUT2D eigenvalue weighted by Gasteiger charge is 2.40. The van der Waals surface area contributed by atoms with Gasteiger partial charge in [0, 0.05) is 5.25 Å². The molecule has 0 bridgehead atoms. The summed E-state index contributed by atoms with van der Waals surface area (Å²) in [4.78, 5) is 0. The van der Waals surface area contributed by atoms with Crippen LogP contribution in [0.1, 0.15) is 51.9 Å². The summed E-state index contributed by atoms with van der Waals surface area (Å²) in [6.45, 7) is 1.19. The summed E-state index contributed by atoms with van der Waals surface area (Å²) in [7, 11) is 0. The van der Waals surface area contributed by atoms with E-state index in [0.717, 1.165) is 32.1 Å². The van der Waals surface area contributed by atoms with Crippen molar-refractivity contribution in [2.75, 3.05) is 6.61 Å². The first-order chi connectivity index (χ1) is 10.1. The minimum Gasteiger partial charge on any atom is -0.283 e. The van der Waals surface area contributed by atoms with Gasteiger partial charge >= 0.3 is 11.0 Å². The van der Waals surface area contributed by atoms with Gasteiger partial charge < -0.3 is 0 Å². The molecule has 0 saturated carbocycles. The van der Waals surface area contributed by atoms with E-state index in [0.29, 0.717) is 6.42 Å². The molecular formula is C12H20F6O2S2. The topological polar surface area (TPSA) is 26.3 Å². The summed E-state index contributed by atoms with van der Waals surface area (Å²) >= 11 is -3.98. The van der Waals surface area contributed by atoms with Gasteiger partial charge in [-0.15, -0.1) is 0 Å². The lowest BCUT2D eigenvalue weighted by Gasteiger charge is -2.18. The summed E-state index contributed by atoms with van der Waals surface area (Å²) in [5, 5.41) is -1.18. The lowest BCUT2D eigenvalue weighted by atomic mass is 10.1. The van der Waals surface area contributed by atoms with Crippen molar-refractivity contribution in [2.24, 2.45) is 0 Å². The third kappa shape index (κ3) is 12.6. The molecule has 0 aliphatic carbocycles. The van der Waals surface area contributed by atoms with Crippen LogP contribution in [0.4, 0.5) is 26.3 Å². The van der Waals surface area contributed by atoms with Gasteiger partial charge in [-0.2, -0.15) is 26.3 Å². The van der Waals surface area contributed by atoms with E-state index in [1.807, 2.05) is 6.92 Å². The first-order valence-electron chi connectivity index (χ1n) is 6.92. The molecule has 0 aromatic heterocycles. The fraction of sp³-hybridized carbons (Fsp3) is 1.00. The Hall–Kier alpha value is 0.0400. The fourth-order valence-corrected chi connectivity index (χ4v) is 3.03. The maximum atomic E-state index is 12.3. The lowest BCUT2D eigenvalue weighted by Crippen LogP contribution is -2.24. The second-order valence-corrected chi connectivity index (χ2v) is 7.24. The van der Waals surface area contributed by atoms with E-state index < -0.39 is 45.7 Å². The third-order valence-corrected chi connectivity index (χ3v) is 4.43. The zero-order valence-electron chi connectivity index (χ0n) is 12.1. The first kappa shape index (κ1) is 22.0. The molecule has 0 aromatic carbocycles. The molecule has 2 atom stereocenters. The second kappa shape index (κ2) is 10.7. The number of rotatable bonds is 11.